The minimum atomic E-state index is -0.0552. The fourth-order valence-corrected chi connectivity index (χ4v) is 4.38. The largest absolute Gasteiger partial charge is 0.497 e. The molecule has 2 atom stereocenters. The molecule has 0 unspecified atom stereocenters. The molecule has 5 rings (SSSR count). The first-order valence-corrected chi connectivity index (χ1v) is 11.1. The van der Waals surface area contributed by atoms with Gasteiger partial charge in [0.05, 0.1) is 19.6 Å². The van der Waals surface area contributed by atoms with E-state index in [0.717, 1.165) is 40.5 Å². The van der Waals surface area contributed by atoms with Gasteiger partial charge < -0.3 is 18.9 Å². The maximum Gasteiger partial charge on any atom is 0.138 e. The van der Waals surface area contributed by atoms with E-state index in [1.165, 1.54) is 16.7 Å². The van der Waals surface area contributed by atoms with Crippen molar-refractivity contribution in [3.63, 3.8) is 0 Å². The summed E-state index contributed by atoms with van der Waals surface area (Å²) in [5.41, 5.74) is 5.87. The summed E-state index contributed by atoms with van der Waals surface area (Å²) in [6.45, 7) is 5.36. The Kier molecular flexibility index (Phi) is 5.52. The molecule has 0 radical (unpaired) electrons. The van der Waals surface area contributed by atoms with Gasteiger partial charge in [-0.05, 0) is 49.6 Å². The summed E-state index contributed by atoms with van der Waals surface area (Å²) in [5.74, 6) is 3.55. The molecule has 0 fully saturated rings. The first kappa shape index (κ1) is 20.5. The lowest BCUT2D eigenvalue weighted by atomic mass is 9.88. The van der Waals surface area contributed by atoms with Crippen LogP contribution in [0.2, 0.25) is 0 Å². The Morgan fingerprint density at radius 3 is 2.62 bits per heavy atom. The van der Waals surface area contributed by atoms with Crippen molar-refractivity contribution in [2.75, 3.05) is 13.7 Å². The van der Waals surface area contributed by atoms with E-state index in [9.17, 15) is 0 Å². The summed E-state index contributed by atoms with van der Waals surface area (Å²) in [7, 11) is 1.67. The zero-order valence-corrected chi connectivity index (χ0v) is 18.8. The van der Waals surface area contributed by atoms with Crippen LogP contribution in [0, 0.1) is 0 Å². The van der Waals surface area contributed by atoms with Crippen molar-refractivity contribution in [2.24, 2.45) is 0 Å². The van der Waals surface area contributed by atoms with Crippen molar-refractivity contribution >= 4 is 0 Å². The molecule has 3 aromatic carbocycles. The molecule has 2 aliphatic heterocycles. The highest BCUT2D eigenvalue weighted by Gasteiger charge is 2.41. The van der Waals surface area contributed by atoms with E-state index < -0.39 is 0 Å². The summed E-state index contributed by atoms with van der Waals surface area (Å²) >= 11 is 0. The zero-order chi connectivity index (χ0) is 22.1. The van der Waals surface area contributed by atoms with Gasteiger partial charge in [-0.15, -0.1) is 0 Å². The van der Waals surface area contributed by atoms with Gasteiger partial charge in [-0.1, -0.05) is 42.0 Å². The molecule has 0 bridgehead atoms. The zero-order valence-electron chi connectivity index (χ0n) is 18.8. The van der Waals surface area contributed by atoms with Gasteiger partial charge in [0.15, 0.2) is 0 Å². The van der Waals surface area contributed by atoms with Crippen molar-refractivity contribution in [1.29, 1.82) is 0 Å². The molecule has 3 aromatic rings. The number of allylic oxidation sites excluding steroid dienone is 2. The van der Waals surface area contributed by atoms with Gasteiger partial charge in [0.2, 0.25) is 0 Å². The lowest BCUT2D eigenvalue weighted by molar-refractivity contribution is 0.139. The minimum absolute atomic E-state index is 0.0552. The highest BCUT2D eigenvalue weighted by atomic mass is 16.5. The Labute approximate surface area is 189 Å². The average molecular weight is 429 g/mol. The molecule has 2 aliphatic rings. The summed E-state index contributed by atoms with van der Waals surface area (Å²) in [5, 5.41) is 0. The van der Waals surface area contributed by atoms with Crippen LogP contribution >= 0.6 is 0 Å². The standard InChI is InChI=1S/C28H28O4/c1-18(2)9-10-20-13-23-24-17-31-26-14-21(29-3)11-12-22(26)28(24)32-27(23)15-25(20)30-16-19-7-5-4-6-8-19/h4-9,11-15,24,28H,10,16-17H2,1-3H3/t24-,28-/m0/s1. The maximum atomic E-state index is 6.47. The van der Waals surface area contributed by atoms with E-state index in [4.69, 9.17) is 18.9 Å². The van der Waals surface area contributed by atoms with Crippen LogP contribution in [0.25, 0.3) is 0 Å². The van der Waals surface area contributed by atoms with Crippen molar-refractivity contribution in [3.05, 3.63) is 94.6 Å². The summed E-state index contributed by atoms with van der Waals surface area (Å²) < 4.78 is 24.2. The summed E-state index contributed by atoms with van der Waals surface area (Å²) in [6, 6.07) is 20.5. The second-order valence-corrected chi connectivity index (χ2v) is 8.62. The molecular formula is C28H28O4. The smallest absolute Gasteiger partial charge is 0.138 e. The lowest BCUT2D eigenvalue weighted by Crippen LogP contribution is -2.23. The van der Waals surface area contributed by atoms with Crippen LogP contribution in [0.1, 0.15) is 48.1 Å². The summed E-state index contributed by atoms with van der Waals surface area (Å²) in [6.07, 6.45) is 3.01. The van der Waals surface area contributed by atoms with E-state index >= 15 is 0 Å². The molecule has 0 N–H and O–H groups in total. The highest BCUT2D eigenvalue weighted by Crippen LogP contribution is 2.53. The van der Waals surface area contributed by atoms with Gasteiger partial charge in [-0.3, -0.25) is 0 Å². The van der Waals surface area contributed by atoms with Crippen molar-refractivity contribution in [2.45, 2.75) is 38.9 Å². The van der Waals surface area contributed by atoms with Crippen molar-refractivity contribution in [1.82, 2.24) is 0 Å². The number of hydrogen-bond acceptors (Lipinski definition) is 4. The fourth-order valence-electron chi connectivity index (χ4n) is 4.38. The molecule has 0 aliphatic carbocycles. The molecule has 2 heterocycles. The maximum absolute atomic E-state index is 6.47. The fraction of sp³-hybridized carbons (Fsp3) is 0.286. The van der Waals surface area contributed by atoms with E-state index in [2.05, 4.69) is 44.2 Å². The number of benzene rings is 3. The summed E-state index contributed by atoms with van der Waals surface area (Å²) in [4.78, 5) is 0. The topological polar surface area (TPSA) is 36.9 Å². The molecular weight excluding hydrogens is 400 g/mol. The monoisotopic (exact) mass is 428 g/mol. The molecule has 4 heteroatoms. The normalized spacial score (nSPS) is 17.8. The van der Waals surface area contributed by atoms with Crippen LogP contribution in [0.15, 0.2) is 72.3 Å². The van der Waals surface area contributed by atoms with E-state index in [-0.39, 0.29) is 12.0 Å². The van der Waals surface area contributed by atoms with Crippen LogP contribution in [-0.4, -0.2) is 13.7 Å². The third-order valence-electron chi connectivity index (χ3n) is 6.12. The van der Waals surface area contributed by atoms with Gasteiger partial charge in [-0.25, -0.2) is 0 Å². The molecule has 0 amide bonds. The minimum Gasteiger partial charge on any atom is -0.497 e. The Morgan fingerprint density at radius 2 is 1.84 bits per heavy atom. The number of hydrogen-bond donors (Lipinski definition) is 0. The molecule has 0 saturated heterocycles. The SMILES string of the molecule is COc1ccc2c(c1)OC[C@H]1c3cc(CC=C(C)C)c(OCc4ccccc4)cc3O[C@@H]21. The Hall–Kier alpha value is -3.40. The molecule has 32 heavy (non-hydrogen) atoms. The van der Waals surface area contributed by atoms with Crippen LogP contribution in [0.4, 0.5) is 0 Å². The predicted molar refractivity (Wildman–Crippen MR) is 125 cm³/mol. The molecule has 0 aromatic heterocycles. The van der Waals surface area contributed by atoms with E-state index in [0.29, 0.717) is 13.2 Å². The second-order valence-electron chi connectivity index (χ2n) is 8.62. The van der Waals surface area contributed by atoms with Crippen molar-refractivity contribution in [3.8, 4) is 23.0 Å². The van der Waals surface area contributed by atoms with Gasteiger partial charge in [0.1, 0.15) is 35.7 Å². The third kappa shape index (κ3) is 3.93. The predicted octanol–water partition coefficient (Wildman–Crippen LogP) is 6.39. The number of fused-ring (bicyclic) bond motifs is 5. The van der Waals surface area contributed by atoms with Gasteiger partial charge in [0.25, 0.3) is 0 Å². The average Bonchev–Trinajstić information content (AvgIpc) is 3.19. The quantitative estimate of drug-likeness (QED) is 0.426. The van der Waals surface area contributed by atoms with Gasteiger partial charge in [0, 0.05) is 23.3 Å². The van der Waals surface area contributed by atoms with Crippen LogP contribution in [0.5, 0.6) is 23.0 Å². The van der Waals surface area contributed by atoms with Crippen LogP contribution < -0.4 is 18.9 Å². The van der Waals surface area contributed by atoms with E-state index in [1.54, 1.807) is 7.11 Å². The molecule has 164 valence electrons. The van der Waals surface area contributed by atoms with Crippen molar-refractivity contribution < 1.29 is 18.9 Å². The van der Waals surface area contributed by atoms with Gasteiger partial charge >= 0.3 is 0 Å². The molecule has 0 spiro atoms. The Bertz CT molecular complexity index is 1150. The molecule has 0 saturated carbocycles. The van der Waals surface area contributed by atoms with Gasteiger partial charge in [-0.2, -0.15) is 0 Å². The first-order valence-electron chi connectivity index (χ1n) is 11.1. The second kappa shape index (κ2) is 8.62. The highest BCUT2D eigenvalue weighted by molar-refractivity contribution is 5.55. The third-order valence-corrected chi connectivity index (χ3v) is 6.12. The van der Waals surface area contributed by atoms with Crippen LogP contribution in [-0.2, 0) is 13.0 Å². The van der Waals surface area contributed by atoms with E-state index in [1.807, 2.05) is 36.4 Å². The first-order chi connectivity index (χ1) is 15.6. The lowest BCUT2D eigenvalue weighted by Gasteiger charge is -2.28. The number of ether oxygens (including phenoxy) is 4. The molecule has 4 nitrogen and oxygen atoms in total. The number of methoxy groups -OCH3 is 1. The Morgan fingerprint density at radius 1 is 1.00 bits per heavy atom. The number of rotatable bonds is 6. The van der Waals surface area contributed by atoms with Crippen LogP contribution in [0.3, 0.4) is 0 Å². The Balaban J connectivity index is 1.47.